The Bertz CT molecular complexity index is 938. The highest BCUT2D eigenvalue weighted by molar-refractivity contribution is 6.02. The van der Waals surface area contributed by atoms with Crippen molar-refractivity contribution in [3.63, 3.8) is 0 Å². The quantitative estimate of drug-likeness (QED) is 0.731. The molecule has 3 N–H and O–H groups in total. The lowest BCUT2D eigenvalue weighted by Crippen LogP contribution is -2.45. The number of halogens is 5. The monoisotopic (exact) mass is 415 g/mol. The van der Waals surface area contributed by atoms with Gasteiger partial charge in [0.25, 0.3) is 18.8 Å². The van der Waals surface area contributed by atoms with Crippen molar-refractivity contribution in [2.24, 2.45) is 10.7 Å². The van der Waals surface area contributed by atoms with Crippen molar-refractivity contribution in [1.29, 1.82) is 0 Å². The molecule has 12 heteroatoms. The first-order valence-electron chi connectivity index (χ1n) is 8.14. The lowest BCUT2D eigenvalue weighted by Gasteiger charge is -2.33. The van der Waals surface area contributed by atoms with E-state index in [1.54, 1.807) is 0 Å². The van der Waals surface area contributed by atoms with Crippen LogP contribution in [0.2, 0.25) is 0 Å². The number of amides is 1. The van der Waals surface area contributed by atoms with E-state index in [0.717, 1.165) is 30.6 Å². The fraction of sp³-hybridized carbons (Fsp3) is 0.294. The molecule has 154 valence electrons. The summed E-state index contributed by atoms with van der Waals surface area (Å²) in [6, 6.07) is 2.99. The summed E-state index contributed by atoms with van der Waals surface area (Å²) in [4.78, 5) is 22.9. The summed E-state index contributed by atoms with van der Waals surface area (Å²) in [5, 5.41) is 2.32. The molecule has 1 atom stereocenters. The van der Waals surface area contributed by atoms with Crippen LogP contribution < -0.4 is 11.1 Å². The number of aliphatic imine (C=N–C) groups is 1. The van der Waals surface area contributed by atoms with Crippen LogP contribution in [0.25, 0.3) is 0 Å². The van der Waals surface area contributed by atoms with Crippen LogP contribution in [0.5, 0.6) is 0 Å². The van der Waals surface area contributed by atoms with Gasteiger partial charge in [-0.15, -0.1) is 0 Å². The average molecular weight is 415 g/mol. The molecule has 29 heavy (non-hydrogen) atoms. The summed E-state index contributed by atoms with van der Waals surface area (Å²) in [6.07, 6.45) is -4.43. The zero-order valence-electron chi connectivity index (χ0n) is 14.6. The number of nitrogens with one attached hydrogen (secondary N) is 1. The summed E-state index contributed by atoms with van der Waals surface area (Å²) in [6.45, 7) is -0.778. The molecule has 1 unspecified atom stereocenters. The SMILES string of the molecule is NC1=NC(c2cc(NC(=O)c3cnc(C(F)F)cn3)ccc2F)(C(F)F)COC1. The molecule has 1 aliphatic rings. The number of anilines is 1. The second-order valence-electron chi connectivity index (χ2n) is 6.10. The predicted octanol–water partition coefficient (Wildman–Crippen LogP) is 2.65. The van der Waals surface area contributed by atoms with E-state index < -0.39 is 48.0 Å². The highest BCUT2D eigenvalue weighted by Crippen LogP contribution is 2.38. The summed E-state index contributed by atoms with van der Waals surface area (Å²) in [5.41, 5.74) is 1.64. The van der Waals surface area contributed by atoms with Crippen molar-refractivity contribution < 1.29 is 31.5 Å². The van der Waals surface area contributed by atoms with E-state index >= 15 is 0 Å². The standard InChI is InChI=1S/C17H14F5N5O2/c18-10-2-1-8(26-15(28)12-5-24-11(4-25-12)14(19)20)3-9(10)17(16(21)22)7-29-6-13(23)27-17/h1-5,14,16H,6-7H2,(H2,23,27)(H,26,28). The molecule has 0 saturated carbocycles. The maximum atomic E-state index is 14.4. The molecule has 1 aliphatic heterocycles. The fourth-order valence-corrected chi connectivity index (χ4v) is 2.70. The first kappa shape index (κ1) is 20.6. The van der Waals surface area contributed by atoms with Crippen molar-refractivity contribution in [2.45, 2.75) is 18.4 Å². The highest BCUT2D eigenvalue weighted by atomic mass is 19.3. The van der Waals surface area contributed by atoms with Crippen molar-refractivity contribution >= 4 is 17.4 Å². The molecule has 0 saturated heterocycles. The van der Waals surface area contributed by atoms with Crippen LogP contribution in [-0.4, -0.2) is 41.3 Å². The number of nitrogens with two attached hydrogens (primary N) is 1. The van der Waals surface area contributed by atoms with E-state index in [0.29, 0.717) is 0 Å². The van der Waals surface area contributed by atoms with E-state index in [9.17, 15) is 26.7 Å². The Morgan fingerprint density at radius 2 is 1.97 bits per heavy atom. The van der Waals surface area contributed by atoms with Crippen LogP contribution >= 0.6 is 0 Å². The lowest BCUT2D eigenvalue weighted by molar-refractivity contribution is -0.0145. The molecule has 0 radical (unpaired) electrons. The molecule has 0 bridgehead atoms. The topological polar surface area (TPSA) is 102 Å². The maximum absolute atomic E-state index is 14.4. The molecule has 0 aliphatic carbocycles. The van der Waals surface area contributed by atoms with Gasteiger partial charge in [-0.3, -0.25) is 14.8 Å². The lowest BCUT2D eigenvalue weighted by atomic mass is 9.90. The Balaban J connectivity index is 1.91. The minimum Gasteiger partial charge on any atom is -0.385 e. The van der Waals surface area contributed by atoms with Gasteiger partial charge < -0.3 is 15.8 Å². The number of amidine groups is 1. The van der Waals surface area contributed by atoms with Gasteiger partial charge in [0.05, 0.1) is 19.0 Å². The van der Waals surface area contributed by atoms with Gasteiger partial charge in [0.15, 0.2) is 5.54 Å². The third-order valence-electron chi connectivity index (χ3n) is 4.09. The second-order valence-corrected chi connectivity index (χ2v) is 6.10. The first-order valence-corrected chi connectivity index (χ1v) is 8.14. The molecular weight excluding hydrogens is 401 g/mol. The van der Waals surface area contributed by atoms with Gasteiger partial charge in [0.2, 0.25) is 0 Å². The number of benzene rings is 1. The van der Waals surface area contributed by atoms with E-state index in [1.807, 2.05) is 0 Å². The minimum atomic E-state index is -3.14. The average Bonchev–Trinajstić information content (AvgIpc) is 2.69. The highest BCUT2D eigenvalue weighted by Gasteiger charge is 2.46. The summed E-state index contributed by atoms with van der Waals surface area (Å²) < 4.78 is 72.0. The number of carbonyl (C=O) groups excluding carboxylic acids is 1. The van der Waals surface area contributed by atoms with Gasteiger partial charge >= 0.3 is 0 Å². The Morgan fingerprint density at radius 1 is 1.21 bits per heavy atom. The van der Waals surface area contributed by atoms with Crippen LogP contribution in [0.3, 0.4) is 0 Å². The third-order valence-corrected chi connectivity index (χ3v) is 4.09. The smallest absolute Gasteiger partial charge is 0.281 e. The number of carbonyl (C=O) groups is 1. The number of nitrogens with zero attached hydrogens (tertiary/aromatic N) is 3. The Kier molecular flexibility index (Phi) is 5.73. The normalized spacial score (nSPS) is 19.3. The largest absolute Gasteiger partial charge is 0.385 e. The van der Waals surface area contributed by atoms with Crippen LogP contribution in [0.1, 0.15) is 28.2 Å². The van der Waals surface area contributed by atoms with Gasteiger partial charge in [0.1, 0.15) is 29.6 Å². The molecule has 1 aromatic heterocycles. The Morgan fingerprint density at radius 3 is 2.55 bits per heavy atom. The van der Waals surface area contributed by atoms with Gasteiger partial charge in [-0.1, -0.05) is 0 Å². The number of hydrogen-bond acceptors (Lipinski definition) is 6. The maximum Gasteiger partial charge on any atom is 0.281 e. The van der Waals surface area contributed by atoms with Crippen LogP contribution in [0.4, 0.5) is 27.6 Å². The van der Waals surface area contributed by atoms with Gasteiger partial charge in [0, 0.05) is 11.3 Å². The molecule has 7 nitrogen and oxygen atoms in total. The number of ether oxygens (including phenoxy) is 1. The molecule has 0 spiro atoms. The van der Waals surface area contributed by atoms with Crippen LogP contribution in [0, 0.1) is 5.82 Å². The van der Waals surface area contributed by atoms with Crippen molar-refractivity contribution in [2.75, 3.05) is 18.5 Å². The number of aromatic nitrogens is 2. The first-order chi connectivity index (χ1) is 13.7. The van der Waals surface area contributed by atoms with Gasteiger partial charge in [-0.2, -0.15) is 0 Å². The molecule has 1 aromatic carbocycles. The molecule has 2 heterocycles. The van der Waals surface area contributed by atoms with Crippen molar-refractivity contribution in [1.82, 2.24) is 9.97 Å². The van der Waals surface area contributed by atoms with Crippen molar-refractivity contribution in [3.05, 3.63) is 53.4 Å². The van der Waals surface area contributed by atoms with Gasteiger partial charge in [-0.05, 0) is 18.2 Å². The van der Waals surface area contributed by atoms with E-state index in [1.165, 1.54) is 0 Å². The summed E-state index contributed by atoms with van der Waals surface area (Å²) >= 11 is 0. The van der Waals surface area contributed by atoms with E-state index in [-0.39, 0.29) is 23.8 Å². The Labute approximate surface area is 160 Å². The van der Waals surface area contributed by atoms with E-state index in [2.05, 4.69) is 20.3 Å². The van der Waals surface area contributed by atoms with Crippen molar-refractivity contribution in [3.8, 4) is 0 Å². The molecule has 0 fully saturated rings. The number of hydrogen-bond donors (Lipinski definition) is 2. The molecule has 2 aromatic rings. The molecule has 1 amide bonds. The minimum absolute atomic E-state index is 0.0505. The van der Waals surface area contributed by atoms with Gasteiger partial charge in [-0.25, -0.2) is 26.9 Å². The summed E-state index contributed by atoms with van der Waals surface area (Å²) in [5.74, 6) is -2.07. The van der Waals surface area contributed by atoms with E-state index in [4.69, 9.17) is 10.5 Å². The Hall–Kier alpha value is -3.15. The zero-order chi connectivity index (χ0) is 21.2. The molecule has 3 rings (SSSR count). The van der Waals surface area contributed by atoms with Crippen LogP contribution in [-0.2, 0) is 10.3 Å². The second kappa shape index (κ2) is 8.07. The summed E-state index contributed by atoms with van der Waals surface area (Å²) in [7, 11) is 0. The number of rotatable bonds is 5. The number of alkyl halides is 4. The predicted molar refractivity (Wildman–Crippen MR) is 91.5 cm³/mol. The fourth-order valence-electron chi connectivity index (χ4n) is 2.70. The third kappa shape index (κ3) is 4.16. The zero-order valence-corrected chi connectivity index (χ0v) is 14.6. The van der Waals surface area contributed by atoms with Crippen LogP contribution in [0.15, 0.2) is 35.6 Å². The molecular formula is C17H14F5N5O2.